The van der Waals surface area contributed by atoms with E-state index in [1.165, 1.54) is 0 Å². The lowest BCUT2D eigenvalue weighted by Gasteiger charge is -2.08. The van der Waals surface area contributed by atoms with Crippen LogP contribution >= 0.6 is 0 Å². The Bertz CT molecular complexity index is 1030. The molecule has 3 aromatic rings. The zero-order valence-corrected chi connectivity index (χ0v) is 18.2. The molecular weight excluding hydrogens is 408 g/mol. The Morgan fingerprint density at radius 1 is 0.938 bits per heavy atom. The Morgan fingerprint density at radius 3 is 2.41 bits per heavy atom. The summed E-state index contributed by atoms with van der Waals surface area (Å²) in [5.74, 6) is 2.20. The number of benzene rings is 2. The van der Waals surface area contributed by atoms with Crippen molar-refractivity contribution in [3.8, 4) is 23.1 Å². The second-order valence-corrected chi connectivity index (χ2v) is 6.94. The number of nitrogens with one attached hydrogen (secondary N) is 1. The van der Waals surface area contributed by atoms with Crippen molar-refractivity contribution in [1.29, 1.82) is 0 Å². The molecule has 1 heterocycles. The number of rotatable bonds is 11. The van der Waals surface area contributed by atoms with Gasteiger partial charge in [-0.05, 0) is 48.9 Å². The van der Waals surface area contributed by atoms with Gasteiger partial charge in [0.25, 0.3) is 0 Å². The van der Waals surface area contributed by atoms with E-state index in [-0.39, 0.29) is 24.5 Å². The van der Waals surface area contributed by atoms with Gasteiger partial charge in [-0.1, -0.05) is 12.1 Å². The molecule has 0 unspecified atom stereocenters. The molecule has 0 aliphatic heterocycles. The van der Waals surface area contributed by atoms with Gasteiger partial charge < -0.3 is 19.5 Å². The van der Waals surface area contributed by atoms with Crippen LogP contribution in [0, 0.1) is 0 Å². The van der Waals surface area contributed by atoms with E-state index < -0.39 is 0 Å². The van der Waals surface area contributed by atoms with E-state index in [1.54, 1.807) is 49.7 Å². The number of carbonyl (C=O) groups excluding carboxylic acids is 2. The molecule has 0 atom stereocenters. The lowest BCUT2D eigenvalue weighted by atomic mass is 10.1. The van der Waals surface area contributed by atoms with Crippen LogP contribution in [0.1, 0.15) is 35.7 Å². The number of methoxy groups -OCH3 is 1. The Balaban J connectivity index is 1.42. The second-order valence-electron chi connectivity index (χ2n) is 6.94. The second kappa shape index (κ2) is 11.5. The van der Waals surface area contributed by atoms with Crippen LogP contribution < -0.4 is 19.5 Å². The Labute approximate surface area is 187 Å². The Morgan fingerprint density at radius 2 is 1.72 bits per heavy atom. The molecule has 32 heavy (non-hydrogen) atoms. The molecule has 0 aliphatic carbocycles. The number of pyridine rings is 1. The van der Waals surface area contributed by atoms with Gasteiger partial charge in [-0.2, -0.15) is 0 Å². The number of hydrogen-bond donors (Lipinski definition) is 1. The van der Waals surface area contributed by atoms with Crippen LogP contribution in [0.4, 0.5) is 0 Å². The van der Waals surface area contributed by atoms with Crippen LogP contribution in [0.3, 0.4) is 0 Å². The first kappa shape index (κ1) is 22.8. The molecule has 166 valence electrons. The molecule has 1 aromatic heterocycles. The number of hydrogen-bond acceptors (Lipinski definition) is 6. The number of nitrogens with zero attached hydrogens (tertiary/aromatic N) is 1. The Kier molecular flexibility index (Phi) is 8.20. The standard InChI is InChI=1S/C25H26N2O5/c1-3-31-20-10-8-19(9-11-20)23(28)12-13-24(29)26-16-18-7-14-25(27-17-18)32-22-6-4-5-21(15-22)30-2/h4-11,14-15,17H,3,12-13,16H2,1-2H3,(H,26,29). The summed E-state index contributed by atoms with van der Waals surface area (Å²) in [5, 5.41) is 2.81. The lowest BCUT2D eigenvalue weighted by Crippen LogP contribution is -2.23. The van der Waals surface area contributed by atoms with Gasteiger partial charge in [-0.15, -0.1) is 0 Å². The van der Waals surface area contributed by atoms with Gasteiger partial charge in [0.15, 0.2) is 5.78 Å². The largest absolute Gasteiger partial charge is 0.497 e. The van der Waals surface area contributed by atoms with Crippen molar-refractivity contribution in [2.45, 2.75) is 26.3 Å². The van der Waals surface area contributed by atoms with Crippen molar-refractivity contribution in [1.82, 2.24) is 10.3 Å². The highest BCUT2D eigenvalue weighted by Crippen LogP contribution is 2.23. The number of aromatic nitrogens is 1. The third kappa shape index (κ3) is 6.84. The number of Topliss-reactive ketones (excluding diaryl/α,β-unsaturated/α-hetero) is 1. The normalized spacial score (nSPS) is 10.3. The molecular formula is C25H26N2O5. The lowest BCUT2D eigenvalue weighted by molar-refractivity contribution is -0.121. The van der Waals surface area contributed by atoms with Crippen molar-refractivity contribution < 1.29 is 23.8 Å². The third-order valence-corrected chi connectivity index (χ3v) is 4.62. The number of carbonyl (C=O) groups is 2. The molecule has 1 N–H and O–H groups in total. The fraction of sp³-hybridized carbons (Fsp3) is 0.240. The average Bonchev–Trinajstić information content (AvgIpc) is 2.83. The predicted molar refractivity (Wildman–Crippen MR) is 120 cm³/mol. The first-order valence-corrected chi connectivity index (χ1v) is 10.4. The number of ether oxygens (including phenoxy) is 3. The zero-order valence-electron chi connectivity index (χ0n) is 18.2. The van der Waals surface area contributed by atoms with Crippen molar-refractivity contribution in [2.24, 2.45) is 0 Å². The average molecular weight is 434 g/mol. The topological polar surface area (TPSA) is 86.8 Å². The zero-order chi connectivity index (χ0) is 22.8. The highest BCUT2D eigenvalue weighted by molar-refractivity contribution is 5.98. The monoisotopic (exact) mass is 434 g/mol. The van der Waals surface area contributed by atoms with Gasteiger partial charge in [-0.25, -0.2) is 4.98 Å². The summed E-state index contributed by atoms with van der Waals surface area (Å²) in [5.41, 5.74) is 1.39. The van der Waals surface area contributed by atoms with Gasteiger partial charge in [0.1, 0.15) is 17.2 Å². The van der Waals surface area contributed by atoms with E-state index in [9.17, 15) is 9.59 Å². The van der Waals surface area contributed by atoms with Crippen molar-refractivity contribution >= 4 is 11.7 Å². The van der Waals surface area contributed by atoms with E-state index in [1.807, 2.05) is 31.2 Å². The number of amides is 1. The fourth-order valence-corrected chi connectivity index (χ4v) is 2.93. The van der Waals surface area contributed by atoms with Crippen LogP contribution in [0.2, 0.25) is 0 Å². The molecule has 2 aromatic carbocycles. The van der Waals surface area contributed by atoms with E-state index in [2.05, 4.69) is 10.3 Å². The first-order valence-electron chi connectivity index (χ1n) is 10.4. The van der Waals surface area contributed by atoms with Crippen LogP contribution in [0.5, 0.6) is 23.1 Å². The molecule has 7 nitrogen and oxygen atoms in total. The molecule has 0 radical (unpaired) electrons. The third-order valence-electron chi connectivity index (χ3n) is 4.62. The van der Waals surface area contributed by atoms with Crippen LogP contribution in [0.25, 0.3) is 0 Å². The fourth-order valence-electron chi connectivity index (χ4n) is 2.93. The van der Waals surface area contributed by atoms with E-state index in [4.69, 9.17) is 14.2 Å². The summed E-state index contributed by atoms with van der Waals surface area (Å²) in [7, 11) is 1.59. The maximum atomic E-state index is 12.3. The minimum Gasteiger partial charge on any atom is -0.497 e. The minimum atomic E-state index is -0.194. The summed E-state index contributed by atoms with van der Waals surface area (Å²) in [6.07, 6.45) is 1.91. The van der Waals surface area contributed by atoms with Gasteiger partial charge >= 0.3 is 0 Å². The highest BCUT2D eigenvalue weighted by Gasteiger charge is 2.10. The van der Waals surface area contributed by atoms with Gasteiger partial charge in [0.05, 0.1) is 13.7 Å². The maximum absolute atomic E-state index is 12.3. The van der Waals surface area contributed by atoms with Crippen molar-refractivity contribution in [3.63, 3.8) is 0 Å². The molecule has 0 bridgehead atoms. The van der Waals surface area contributed by atoms with Gasteiger partial charge in [0.2, 0.25) is 11.8 Å². The molecule has 0 saturated heterocycles. The highest BCUT2D eigenvalue weighted by atomic mass is 16.5. The molecule has 3 rings (SSSR count). The summed E-state index contributed by atoms with van der Waals surface area (Å²) in [6.45, 7) is 2.79. The van der Waals surface area contributed by atoms with Gasteiger partial charge in [0, 0.05) is 43.3 Å². The summed E-state index contributed by atoms with van der Waals surface area (Å²) >= 11 is 0. The quantitative estimate of drug-likeness (QED) is 0.445. The van der Waals surface area contributed by atoms with Gasteiger partial charge in [-0.3, -0.25) is 9.59 Å². The smallest absolute Gasteiger partial charge is 0.220 e. The molecule has 0 aliphatic rings. The molecule has 0 saturated carbocycles. The molecule has 0 fully saturated rings. The first-order chi connectivity index (χ1) is 15.6. The Hall–Kier alpha value is -3.87. The molecule has 7 heteroatoms. The van der Waals surface area contributed by atoms with Crippen LogP contribution in [-0.2, 0) is 11.3 Å². The van der Waals surface area contributed by atoms with E-state index in [0.717, 1.165) is 11.3 Å². The summed E-state index contributed by atoms with van der Waals surface area (Å²) < 4.78 is 16.2. The molecule has 0 spiro atoms. The minimum absolute atomic E-state index is 0.0797. The van der Waals surface area contributed by atoms with Crippen molar-refractivity contribution in [2.75, 3.05) is 13.7 Å². The van der Waals surface area contributed by atoms with Crippen LogP contribution in [0.15, 0.2) is 66.9 Å². The van der Waals surface area contributed by atoms with Crippen LogP contribution in [-0.4, -0.2) is 30.4 Å². The van der Waals surface area contributed by atoms with E-state index >= 15 is 0 Å². The van der Waals surface area contributed by atoms with E-state index in [0.29, 0.717) is 36.1 Å². The summed E-state index contributed by atoms with van der Waals surface area (Å²) in [4.78, 5) is 28.7. The van der Waals surface area contributed by atoms with Crippen molar-refractivity contribution in [3.05, 3.63) is 78.0 Å². The molecule has 1 amide bonds. The predicted octanol–water partition coefficient (Wildman–Crippen LogP) is 4.56. The number of ketones is 1. The SMILES string of the molecule is CCOc1ccc(C(=O)CCC(=O)NCc2ccc(Oc3cccc(OC)c3)nc2)cc1. The summed E-state index contributed by atoms with van der Waals surface area (Å²) in [6, 6.07) is 17.7. The maximum Gasteiger partial charge on any atom is 0.220 e.